The molecule has 1 nitrogen and oxygen atoms in total. The molecule has 0 saturated heterocycles. The van der Waals surface area contributed by atoms with E-state index in [1.165, 1.54) is 22.8 Å². The van der Waals surface area contributed by atoms with Gasteiger partial charge in [0.1, 0.15) is 0 Å². The zero-order valence-corrected chi connectivity index (χ0v) is 11.5. The van der Waals surface area contributed by atoms with E-state index in [1.807, 2.05) is 11.3 Å². The maximum Gasteiger partial charge on any atom is 0.0203 e. The SMILES string of the molecule is CNC(CSCC(C)C)Cc1cccs1. The van der Waals surface area contributed by atoms with Crippen molar-refractivity contribution >= 4 is 23.1 Å². The molecule has 1 atom stereocenters. The molecule has 0 fully saturated rings. The van der Waals surface area contributed by atoms with Crippen LogP contribution in [0.3, 0.4) is 0 Å². The highest BCUT2D eigenvalue weighted by Gasteiger charge is 2.08. The van der Waals surface area contributed by atoms with E-state index < -0.39 is 0 Å². The minimum atomic E-state index is 0.618. The molecule has 0 aromatic carbocycles. The van der Waals surface area contributed by atoms with Gasteiger partial charge in [0, 0.05) is 16.7 Å². The zero-order chi connectivity index (χ0) is 11.1. The van der Waals surface area contributed by atoms with Crippen LogP contribution in [-0.4, -0.2) is 24.6 Å². The predicted molar refractivity (Wildman–Crippen MR) is 73.0 cm³/mol. The molecular formula is C12H21NS2. The second kappa shape index (κ2) is 7.31. The molecule has 0 bridgehead atoms. The molecule has 0 aliphatic rings. The first-order valence-corrected chi connectivity index (χ1v) is 7.53. The summed E-state index contributed by atoms with van der Waals surface area (Å²) in [5.74, 6) is 3.28. The molecule has 0 saturated carbocycles. The number of likely N-dealkylation sites (N-methyl/N-ethyl adjacent to an activating group) is 1. The van der Waals surface area contributed by atoms with Gasteiger partial charge in [0.2, 0.25) is 0 Å². The molecule has 15 heavy (non-hydrogen) atoms. The topological polar surface area (TPSA) is 12.0 Å². The average molecular weight is 243 g/mol. The molecule has 0 radical (unpaired) electrons. The van der Waals surface area contributed by atoms with Crippen molar-refractivity contribution in [3.63, 3.8) is 0 Å². The average Bonchev–Trinajstić information content (AvgIpc) is 2.68. The summed E-state index contributed by atoms with van der Waals surface area (Å²) in [4.78, 5) is 1.49. The molecule has 86 valence electrons. The third-order valence-electron chi connectivity index (χ3n) is 2.21. The van der Waals surface area contributed by atoms with Crippen LogP contribution in [0.1, 0.15) is 18.7 Å². The Morgan fingerprint density at radius 2 is 2.20 bits per heavy atom. The van der Waals surface area contributed by atoms with E-state index in [1.54, 1.807) is 0 Å². The van der Waals surface area contributed by atoms with Crippen molar-refractivity contribution in [2.24, 2.45) is 5.92 Å². The number of thiophene rings is 1. The van der Waals surface area contributed by atoms with E-state index in [2.05, 4.69) is 55.5 Å². The third-order valence-corrected chi connectivity index (χ3v) is 4.65. The maximum atomic E-state index is 3.40. The molecular weight excluding hydrogens is 222 g/mol. The molecule has 1 unspecified atom stereocenters. The number of thioether (sulfide) groups is 1. The fourth-order valence-corrected chi connectivity index (χ4v) is 3.32. The van der Waals surface area contributed by atoms with E-state index in [-0.39, 0.29) is 0 Å². The largest absolute Gasteiger partial charge is 0.316 e. The molecule has 1 aromatic rings. The van der Waals surface area contributed by atoms with Gasteiger partial charge >= 0.3 is 0 Å². The van der Waals surface area contributed by atoms with E-state index in [0.29, 0.717) is 6.04 Å². The van der Waals surface area contributed by atoms with Crippen LogP contribution in [0.5, 0.6) is 0 Å². The highest BCUT2D eigenvalue weighted by molar-refractivity contribution is 7.99. The Hall–Kier alpha value is 0.01000. The van der Waals surface area contributed by atoms with Gasteiger partial charge in [-0.2, -0.15) is 11.8 Å². The van der Waals surface area contributed by atoms with Crippen LogP contribution in [0.2, 0.25) is 0 Å². The first-order chi connectivity index (χ1) is 7.22. The van der Waals surface area contributed by atoms with E-state index >= 15 is 0 Å². The molecule has 0 spiro atoms. The summed E-state index contributed by atoms with van der Waals surface area (Å²) in [6, 6.07) is 4.98. The Balaban J connectivity index is 2.24. The van der Waals surface area contributed by atoms with Crippen LogP contribution in [0.15, 0.2) is 17.5 Å². The van der Waals surface area contributed by atoms with Gasteiger partial charge in [-0.3, -0.25) is 0 Å². The summed E-state index contributed by atoms with van der Waals surface area (Å²) in [6.45, 7) is 4.56. The highest BCUT2D eigenvalue weighted by Crippen LogP contribution is 2.15. The fraction of sp³-hybridized carbons (Fsp3) is 0.667. The van der Waals surface area contributed by atoms with Crippen molar-refractivity contribution in [1.82, 2.24) is 5.32 Å². The minimum absolute atomic E-state index is 0.618. The number of hydrogen-bond donors (Lipinski definition) is 1. The smallest absolute Gasteiger partial charge is 0.0203 e. The lowest BCUT2D eigenvalue weighted by Gasteiger charge is -2.15. The molecule has 0 aliphatic heterocycles. The second-order valence-electron chi connectivity index (χ2n) is 4.20. The Kier molecular flexibility index (Phi) is 6.37. The standard InChI is InChI=1S/C12H21NS2/c1-10(2)8-14-9-11(13-3)7-12-5-4-6-15-12/h4-6,10-11,13H,7-9H2,1-3H3. The summed E-state index contributed by atoms with van der Waals surface area (Å²) >= 11 is 3.92. The minimum Gasteiger partial charge on any atom is -0.316 e. The van der Waals surface area contributed by atoms with Crippen molar-refractivity contribution in [2.75, 3.05) is 18.6 Å². The van der Waals surface area contributed by atoms with E-state index in [4.69, 9.17) is 0 Å². The molecule has 0 aliphatic carbocycles. The summed E-state index contributed by atoms with van der Waals surface area (Å²) in [7, 11) is 2.06. The molecule has 1 rings (SSSR count). The van der Waals surface area contributed by atoms with Crippen LogP contribution in [-0.2, 0) is 6.42 Å². The number of rotatable bonds is 7. The first-order valence-electron chi connectivity index (χ1n) is 5.49. The Labute approximate surface area is 102 Å². The maximum absolute atomic E-state index is 3.40. The lowest BCUT2D eigenvalue weighted by atomic mass is 10.2. The molecule has 3 heteroatoms. The van der Waals surface area contributed by atoms with Crippen LogP contribution in [0, 0.1) is 5.92 Å². The molecule has 1 heterocycles. The Morgan fingerprint density at radius 3 is 2.73 bits per heavy atom. The fourth-order valence-electron chi connectivity index (χ4n) is 1.36. The predicted octanol–water partition coefficient (Wildman–Crippen LogP) is 3.27. The van der Waals surface area contributed by atoms with Crippen molar-refractivity contribution in [3.8, 4) is 0 Å². The van der Waals surface area contributed by atoms with Gasteiger partial charge in [-0.1, -0.05) is 19.9 Å². The summed E-state index contributed by atoms with van der Waals surface area (Å²) in [6.07, 6.45) is 1.17. The normalized spacial score (nSPS) is 13.3. The van der Waals surface area contributed by atoms with Crippen LogP contribution >= 0.6 is 23.1 Å². The molecule has 1 aromatic heterocycles. The van der Waals surface area contributed by atoms with Crippen molar-refractivity contribution < 1.29 is 0 Å². The Morgan fingerprint density at radius 1 is 1.40 bits per heavy atom. The van der Waals surface area contributed by atoms with Gasteiger partial charge in [-0.05, 0) is 36.6 Å². The summed E-state index contributed by atoms with van der Waals surface area (Å²) in [5.41, 5.74) is 0. The van der Waals surface area contributed by atoms with Gasteiger partial charge in [-0.25, -0.2) is 0 Å². The van der Waals surface area contributed by atoms with Crippen molar-refractivity contribution in [1.29, 1.82) is 0 Å². The van der Waals surface area contributed by atoms with Crippen molar-refractivity contribution in [3.05, 3.63) is 22.4 Å². The van der Waals surface area contributed by atoms with Crippen LogP contribution < -0.4 is 5.32 Å². The monoisotopic (exact) mass is 243 g/mol. The van der Waals surface area contributed by atoms with Crippen LogP contribution in [0.4, 0.5) is 0 Å². The second-order valence-corrected chi connectivity index (χ2v) is 6.31. The quantitative estimate of drug-likeness (QED) is 0.789. The van der Waals surface area contributed by atoms with Gasteiger partial charge in [0.05, 0.1) is 0 Å². The zero-order valence-electron chi connectivity index (χ0n) is 9.82. The molecule has 0 amide bonds. The lowest BCUT2D eigenvalue weighted by Crippen LogP contribution is -2.30. The lowest BCUT2D eigenvalue weighted by molar-refractivity contribution is 0.620. The Bertz CT molecular complexity index is 244. The van der Waals surface area contributed by atoms with Gasteiger partial charge in [-0.15, -0.1) is 11.3 Å². The number of hydrogen-bond acceptors (Lipinski definition) is 3. The highest BCUT2D eigenvalue weighted by atomic mass is 32.2. The van der Waals surface area contributed by atoms with E-state index in [9.17, 15) is 0 Å². The van der Waals surface area contributed by atoms with Gasteiger partial charge < -0.3 is 5.32 Å². The van der Waals surface area contributed by atoms with Crippen molar-refractivity contribution in [2.45, 2.75) is 26.3 Å². The molecule has 1 N–H and O–H groups in total. The summed E-state index contributed by atoms with van der Waals surface area (Å²) in [5, 5.41) is 5.56. The van der Waals surface area contributed by atoms with Gasteiger partial charge in [0.15, 0.2) is 0 Å². The first kappa shape index (κ1) is 13.1. The summed E-state index contributed by atoms with van der Waals surface area (Å²) < 4.78 is 0. The number of nitrogens with one attached hydrogen (secondary N) is 1. The van der Waals surface area contributed by atoms with E-state index in [0.717, 1.165) is 5.92 Å². The van der Waals surface area contributed by atoms with Crippen LogP contribution in [0.25, 0.3) is 0 Å². The third kappa shape index (κ3) is 5.59. The van der Waals surface area contributed by atoms with Gasteiger partial charge in [0.25, 0.3) is 0 Å².